The topological polar surface area (TPSA) is 69.5 Å². The molecule has 1 spiro atoms. The van der Waals surface area contributed by atoms with Crippen molar-refractivity contribution >= 4 is 5.82 Å². The first-order valence-electron chi connectivity index (χ1n) is 9.01. The monoisotopic (exact) mass is 359 g/mol. The average molecular weight is 359 g/mol. The van der Waals surface area contributed by atoms with Crippen molar-refractivity contribution in [2.24, 2.45) is 5.41 Å². The van der Waals surface area contributed by atoms with E-state index in [1.54, 1.807) is 6.92 Å². The van der Waals surface area contributed by atoms with Gasteiger partial charge in [-0.3, -0.25) is 0 Å². The fourth-order valence-electron chi connectivity index (χ4n) is 3.36. The van der Waals surface area contributed by atoms with Crippen molar-refractivity contribution in [1.29, 1.82) is 0 Å². The SMILES string of the molecule is Cc1nc(F)ccc1CO.Cc1nc(N2CCC3(CC3)C2)ccc1CO. The lowest BCUT2D eigenvalue weighted by Gasteiger charge is -2.18. The van der Waals surface area contributed by atoms with Crippen molar-refractivity contribution in [3.05, 3.63) is 52.7 Å². The molecule has 0 radical (unpaired) electrons. The van der Waals surface area contributed by atoms with E-state index in [2.05, 4.69) is 14.9 Å². The number of halogens is 1. The molecule has 5 nitrogen and oxygen atoms in total. The zero-order valence-corrected chi connectivity index (χ0v) is 15.4. The first-order chi connectivity index (χ1) is 12.5. The fourth-order valence-corrected chi connectivity index (χ4v) is 3.36. The van der Waals surface area contributed by atoms with E-state index in [-0.39, 0.29) is 13.2 Å². The Labute approximate surface area is 153 Å². The van der Waals surface area contributed by atoms with Crippen LogP contribution in [0.4, 0.5) is 10.2 Å². The molecule has 2 N–H and O–H groups in total. The fraction of sp³-hybridized carbons (Fsp3) is 0.500. The van der Waals surface area contributed by atoms with E-state index in [1.165, 1.54) is 37.9 Å². The minimum atomic E-state index is -0.505. The zero-order valence-electron chi connectivity index (χ0n) is 15.4. The summed E-state index contributed by atoms with van der Waals surface area (Å²) in [6, 6.07) is 6.80. The van der Waals surface area contributed by atoms with Crippen molar-refractivity contribution in [2.45, 2.75) is 46.3 Å². The van der Waals surface area contributed by atoms with E-state index in [9.17, 15) is 4.39 Å². The summed E-state index contributed by atoms with van der Waals surface area (Å²) in [5.41, 5.74) is 3.75. The second-order valence-corrected chi connectivity index (χ2v) is 7.28. The lowest BCUT2D eigenvalue weighted by atomic mass is 10.1. The standard InChI is InChI=1S/C13H18N2O.C7H8FNO/c1-10-11(8-16)2-3-12(14-10)15-7-6-13(9-15)4-5-13;1-5-6(4-10)2-3-7(8)9-5/h2-3,16H,4-9H2,1H3;2-3,10H,4H2,1H3. The molecule has 1 saturated heterocycles. The second kappa shape index (κ2) is 7.68. The predicted octanol–water partition coefficient (Wildman–Crippen LogP) is 2.89. The Morgan fingerprint density at radius 3 is 2.08 bits per heavy atom. The molecule has 6 heteroatoms. The van der Waals surface area contributed by atoms with Gasteiger partial charge in [0.25, 0.3) is 0 Å². The average Bonchev–Trinajstić information content (AvgIpc) is 3.24. The van der Waals surface area contributed by atoms with Gasteiger partial charge in [0.1, 0.15) is 5.82 Å². The van der Waals surface area contributed by atoms with Crippen LogP contribution in [-0.4, -0.2) is 33.3 Å². The van der Waals surface area contributed by atoms with Gasteiger partial charge < -0.3 is 15.1 Å². The number of aliphatic hydroxyl groups excluding tert-OH is 2. The number of nitrogens with zero attached hydrogens (tertiary/aromatic N) is 3. The van der Waals surface area contributed by atoms with E-state index in [1.807, 2.05) is 19.1 Å². The number of hydrogen-bond donors (Lipinski definition) is 2. The number of hydrogen-bond acceptors (Lipinski definition) is 5. The molecule has 0 amide bonds. The summed E-state index contributed by atoms with van der Waals surface area (Å²) >= 11 is 0. The summed E-state index contributed by atoms with van der Waals surface area (Å²) in [4.78, 5) is 10.5. The number of pyridine rings is 2. The van der Waals surface area contributed by atoms with Crippen LogP contribution in [-0.2, 0) is 13.2 Å². The number of aliphatic hydroxyl groups is 2. The highest BCUT2D eigenvalue weighted by Gasteiger charge is 2.47. The Morgan fingerprint density at radius 2 is 1.58 bits per heavy atom. The molecule has 140 valence electrons. The molecule has 0 unspecified atom stereocenters. The van der Waals surface area contributed by atoms with Gasteiger partial charge in [-0.05, 0) is 61.8 Å². The molecule has 1 saturated carbocycles. The molecule has 1 aliphatic carbocycles. The van der Waals surface area contributed by atoms with Crippen molar-refractivity contribution < 1.29 is 14.6 Å². The third-order valence-electron chi connectivity index (χ3n) is 5.40. The van der Waals surface area contributed by atoms with Gasteiger partial charge in [-0.1, -0.05) is 12.1 Å². The van der Waals surface area contributed by atoms with Gasteiger partial charge in [0, 0.05) is 24.5 Å². The molecule has 1 aliphatic heterocycles. The van der Waals surface area contributed by atoms with Crippen molar-refractivity contribution in [1.82, 2.24) is 9.97 Å². The minimum absolute atomic E-state index is 0.0842. The molecule has 4 rings (SSSR count). The summed E-state index contributed by atoms with van der Waals surface area (Å²) < 4.78 is 12.3. The van der Waals surface area contributed by atoms with Crippen molar-refractivity contribution in [2.75, 3.05) is 18.0 Å². The molecule has 2 fully saturated rings. The molecule has 2 aliphatic rings. The molecular formula is C20H26FN3O2. The minimum Gasteiger partial charge on any atom is -0.392 e. The van der Waals surface area contributed by atoms with Crippen LogP contribution in [0, 0.1) is 25.2 Å². The molecule has 0 atom stereocenters. The highest BCUT2D eigenvalue weighted by atomic mass is 19.1. The quantitative estimate of drug-likeness (QED) is 0.825. The maximum absolute atomic E-state index is 12.3. The Morgan fingerprint density at radius 1 is 0.962 bits per heavy atom. The Hall–Kier alpha value is -2.05. The molecule has 2 aromatic heterocycles. The third kappa shape index (κ3) is 4.19. The maximum atomic E-state index is 12.3. The lowest BCUT2D eigenvalue weighted by molar-refractivity contribution is 0.280. The van der Waals surface area contributed by atoms with Gasteiger partial charge in [-0.25, -0.2) is 9.97 Å². The predicted molar refractivity (Wildman–Crippen MR) is 98.2 cm³/mol. The summed E-state index contributed by atoms with van der Waals surface area (Å²) in [5, 5.41) is 17.8. The molecular weight excluding hydrogens is 333 g/mol. The number of aromatic nitrogens is 2. The van der Waals surface area contributed by atoms with Crippen LogP contribution in [0.1, 0.15) is 41.8 Å². The number of rotatable bonds is 3. The van der Waals surface area contributed by atoms with Crippen LogP contribution in [0.5, 0.6) is 0 Å². The van der Waals surface area contributed by atoms with Crippen LogP contribution in [0.15, 0.2) is 24.3 Å². The van der Waals surface area contributed by atoms with Gasteiger partial charge in [-0.2, -0.15) is 4.39 Å². The number of anilines is 1. The zero-order chi connectivity index (χ0) is 18.7. The Bertz CT molecular complexity index is 778. The maximum Gasteiger partial charge on any atom is 0.213 e. The largest absolute Gasteiger partial charge is 0.392 e. The van der Waals surface area contributed by atoms with Crippen LogP contribution >= 0.6 is 0 Å². The van der Waals surface area contributed by atoms with Crippen LogP contribution in [0.3, 0.4) is 0 Å². The van der Waals surface area contributed by atoms with E-state index in [0.29, 0.717) is 16.7 Å². The molecule has 3 heterocycles. The molecule has 26 heavy (non-hydrogen) atoms. The van der Waals surface area contributed by atoms with E-state index < -0.39 is 5.95 Å². The summed E-state index contributed by atoms with van der Waals surface area (Å²) in [5.74, 6) is 0.577. The van der Waals surface area contributed by atoms with Gasteiger partial charge in [0.15, 0.2) is 0 Å². The molecule has 2 aromatic rings. The van der Waals surface area contributed by atoms with Gasteiger partial charge in [0.05, 0.1) is 13.2 Å². The summed E-state index contributed by atoms with van der Waals surface area (Å²) in [6.07, 6.45) is 4.13. The third-order valence-corrected chi connectivity index (χ3v) is 5.40. The van der Waals surface area contributed by atoms with Gasteiger partial charge >= 0.3 is 0 Å². The smallest absolute Gasteiger partial charge is 0.213 e. The van der Waals surface area contributed by atoms with Gasteiger partial charge in [-0.15, -0.1) is 0 Å². The second-order valence-electron chi connectivity index (χ2n) is 7.28. The highest BCUT2D eigenvalue weighted by molar-refractivity contribution is 5.43. The first kappa shape index (κ1) is 18.7. The Balaban J connectivity index is 0.000000170. The van der Waals surface area contributed by atoms with Crippen LogP contribution in [0.2, 0.25) is 0 Å². The summed E-state index contributed by atoms with van der Waals surface area (Å²) in [6.45, 7) is 5.96. The van der Waals surface area contributed by atoms with E-state index in [4.69, 9.17) is 10.2 Å². The number of aryl methyl sites for hydroxylation is 2. The molecule has 0 aromatic carbocycles. The molecule has 0 bridgehead atoms. The van der Waals surface area contributed by atoms with Crippen molar-refractivity contribution in [3.8, 4) is 0 Å². The van der Waals surface area contributed by atoms with Crippen LogP contribution < -0.4 is 4.90 Å². The lowest BCUT2D eigenvalue weighted by Crippen LogP contribution is -2.21. The summed E-state index contributed by atoms with van der Waals surface area (Å²) in [7, 11) is 0. The van der Waals surface area contributed by atoms with Gasteiger partial charge in [0.2, 0.25) is 5.95 Å². The van der Waals surface area contributed by atoms with Crippen LogP contribution in [0.25, 0.3) is 0 Å². The highest BCUT2D eigenvalue weighted by Crippen LogP contribution is 2.53. The Kier molecular flexibility index (Phi) is 5.53. The first-order valence-corrected chi connectivity index (χ1v) is 9.01. The normalized spacial score (nSPS) is 17.2. The van der Waals surface area contributed by atoms with Crippen molar-refractivity contribution in [3.63, 3.8) is 0 Å². The van der Waals surface area contributed by atoms with E-state index in [0.717, 1.165) is 23.6 Å². The van der Waals surface area contributed by atoms with E-state index >= 15 is 0 Å².